The molecular formula is C23H26N4O2S. The van der Waals surface area contributed by atoms with Gasteiger partial charge in [-0.25, -0.2) is 0 Å². The van der Waals surface area contributed by atoms with E-state index in [0.29, 0.717) is 23.7 Å². The van der Waals surface area contributed by atoms with Crippen LogP contribution in [0.4, 0.5) is 0 Å². The van der Waals surface area contributed by atoms with E-state index in [0.717, 1.165) is 38.8 Å². The predicted molar refractivity (Wildman–Crippen MR) is 123 cm³/mol. The molecule has 4 rings (SSSR count). The molecule has 3 heterocycles. The molecule has 3 aromatic heterocycles. The van der Waals surface area contributed by atoms with Crippen LogP contribution in [0.3, 0.4) is 0 Å². The highest BCUT2D eigenvalue weighted by atomic mass is 32.1. The summed E-state index contributed by atoms with van der Waals surface area (Å²) in [5.41, 5.74) is 10.5. The number of fused-ring (bicyclic) bond motifs is 3. The van der Waals surface area contributed by atoms with Crippen molar-refractivity contribution in [3.8, 4) is 16.2 Å². The third-order valence-corrected chi connectivity index (χ3v) is 6.14. The van der Waals surface area contributed by atoms with Gasteiger partial charge in [-0.05, 0) is 36.8 Å². The number of pyridine rings is 2. The van der Waals surface area contributed by atoms with E-state index in [1.54, 1.807) is 34.7 Å². The van der Waals surface area contributed by atoms with E-state index in [1.165, 1.54) is 0 Å². The van der Waals surface area contributed by atoms with E-state index >= 15 is 0 Å². The van der Waals surface area contributed by atoms with Gasteiger partial charge in [0.1, 0.15) is 12.4 Å². The van der Waals surface area contributed by atoms with Crippen molar-refractivity contribution in [3.63, 3.8) is 0 Å². The second-order valence-corrected chi connectivity index (χ2v) is 9.00. The van der Waals surface area contributed by atoms with Crippen molar-refractivity contribution in [1.29, 1.82) is 0 Å². The Balaban J connectivity index is 1.93. The Labute approximate surface area is 179 Å². The van der Waals surface area contributed by atoms with Crippen molar-refractivity contribution in [2.24, 2.45) is 18.7 Å². The summed E-state index contributed by atoms with van der Waals surface area (Å²) in [6.07, 6.45) is 4.47. The van der Waals surface area contributed by atoms with E-state index in [1.807, 2.05) is 25.3 Å². The summed E-state index contributed by atoms with van der Waals surface area (Å²) in [5, 5.41) is 2.53. The van der Waals surface area contributed by atoms with Crippen LogP contribution in [0.1, 0.15) is 26.0 Å². The number of nitrogens with two attached hydrogens (primary N) is 1. The smallest absolute Gasteiger partial charge is 0.260 e. The van der Waals surface area contributed by atoms with Crippen LogP contribution in [-0.4, -0.2) is 27.2 Å². The molecule has 6 nitrogen and oxygen atoms in total. The molecule has 0 radical (unpaired) electrons. The molecule has 0 spiro atoms. The lowest BCUT2D eigenvalue weighted by molar-refractivity contribution is 0.272. The van der Waals surface area contributed by atoms with Gasteiger partial charge < -0.3 is 15.0 Å². The van der Waals surface area contributed by atoms with Crippen LogP contribution in [0, 0.1) is 12.8 Å². The van der Waals surface area contributed by atoms with E-state index in [4.69, 9.17) is 10.5 Å². The monoisotopic (exact) mass is 422 g/mol. The van der Waals surface area contributed by atoms with Gasteiger partial charge in [-0.3, -0.25) is 14.8 Å². The first-order valence-electron chi connectivity index (χ1n) is 10.1. The number of thiazole rings is 1. The van der Waals surface area contributed by atoms with Gasteiger partial charge in [0.25, 0.3) is 5.56 Å². The average molecular weight is 423 g/mol. The average Bonchev–Trinajstić information content (AvgIpc) is 3.24. The quantitative estimate of drug-likeness (QED) is 0.469. The molecule has 0 aliphatic heterocycles. The highest BCUT2D eigenvalue weighted by Gasteiger charge is 2.17. The van der Waals surface area contributed by atoms with Gasteiger partial charge in [0, 0.05) is 42.5 Å². The number of nitrogens with zero attached hydrogens (tertiary/aromatic N) is 3. The van der Waals surface area contributed by atoms with Gasteiger partial charge in [0.2, 0.25) is 0 Å². The van der Waals surface area contributed by atoms with Gasteiger partial charge in [-0.15, -0.1) is 11.3 Å². The molecule has 4 aromatic rings. The lowest BCUT2D eigenvalue weighted by Crippen LogP contribution is -2.29. The maximum absolute atomic E-state index is 13.0. The van der Waals surface area contributed by atoms with Crippen LogP contribution < -0.4 is 16.0 Å². The fourth-order valence-electron chi connectivity index (χ4n) is 3.93. The molecule has 30 heavy (non-hydrogen) atoms. The molecule has 1 atom stereocenters. The third kappa shape index (κ3) is 3.70. The van der Waals surface area contributed by atoms with Crippen LogP contribution in [0.25, 0.3) is 32.1 Å². The van der Waals surface area contributed by atoms with Gasteiger partial charge >= 0.3 is 0 Å². The Bertz CT molecular complexity index is 1260. The summed E-state index contributed by atoms with van der Waals surface area (Å²) in [6, 6.07) is 5.89. The first-order valence-corrected chi connectivity index (χ1v) is 10.9. The molecule has 156 valence electrons. The molecule has 7 heteroatoms. The molecule has 0 aliphatic rings. The van der Waals surface area contributed by atoms with Gasteiger partial charge in [-0.1, -0.05) is 13.8 Å². The number of aromatic nitrogens is 3. The van der Waals surface area contributed by atoms with Crippen molar-refractivity contribution in [2.75, 3.05) is 6.61 Å². The molecular weight excluding hydrogens is 396 g/mol. The topological polar surface area (TPSA) is 83.0 Å². The molecule has 0 saturated carbocycles. The summed E-state index contributed by atoms with van der Waals surface area (Å²) in [7, 11) is 1.79. The fraction of sp³-hybridized carbons (Fsp3) is 0.348. The molecule has 0 bridgehead atoms. The molecule has 1 aromatic carbocycles. The molecule has 0 saturated heterocycles. The predicted octanol–water partition coefficient (Wildman–Crippen LogP) is 4.27. The Morgan fingerprint density at radius 2 is 2.07 bits per heavy atom. The van der Waals surface area contributed by atoms with Crippen molar-refractivity contribution in [1.82, 2.24) is 14.5 Å². The lowest BCUT2D eigenvalue weighted by Gasteiger charge is -2.18. The van der Waals surface area contributed by atoms with Crippen LogP contribution in [0.15, 0.2) is 40.9 Å². The van der Waals surface area contributed by atoms with E-state index in [-0.39, 0.29) is 11.6 Å². The van der Waals surface area contributed by atoms with Gasteiger partial charge in [0.05, 0.1) is 27.0 Å². The molecule has 0 amide bonds. The zero-order valence-corrected chi connectivity index (χ0v) is 18.5. The summed E-state index contributed by atoms with van der Waals surface area (Å²) in [6.45, 7) is 6.58. The van der Waals surface area contributed by atoms with E-state index in [9.17, 15) is 4.79 Å². The Kier molecular flexibility index (Phi) is 5.58. The fourth-order valence-corrected chi connectivity index (χ4v) is 4.57. The zero-order valence-electron chi connectivity index (χ0n) is 17.7. The van der Waals surface area contributed by atoms with Crippen LogP contribution in [-0.2, 0) is 7.05 Å². The number of benzene rings is 1. The Morgan fingerprint density at radius 3 is 2.77 bits per heavy atom. The standard InChI is InChI=1S/C23H26N4O2S/c1-13(2)7-15(24)11-29-20-9-19-17(8-18(20)21-10-25-12-30-21)16-5-6-26-14(3)22(16)23(28)27(19)4/h5-6,8-10,12-13,15H,7,11,24H2,1-4H3/t15-/m0/s1. The minimum Gasteiger partial charge on any atom is -0.491 e. The SMILES string of the molecule is Cc1nccc2c1c(=O)n(C)c1cc(OC[C@@H](N)CC(C)C)c(-c3cncs3)cc21. The van der Waals surface area contributed by atoms with Crippen molar-refractivity contribution in [2.45, 2.75) is 33.2 Å². The van der Waals surface area contributed by atoms with Crippen molar-refractivity contribution in [3.05, 3.63) is 52.2 Å². The summed E-state index contributed by atoms with van der Waals surface area (Å²) >= 11 is 1.56. The van der Waals surface area contributed by atoms with Crippen LogP contribution in [0.2, 0.25) is 0 Å². The van der Waals surface area contributed by atoms with Crippen LogP contribution >= 0.6 is 11.3 Å². The van der Waals surface area contributed by atoms with Crippen LogP contribution in [0.5, 0.6) is 5.75 Å². The second-order valence-electron chi connectivity index (χ2n) is 8.11. The van der Waals surface area contributed by atoms with Crippen molar-refractivity contribution < 1.29 is 4.74 Å². The molecule has 0 unspecified atom stereocenters. The first kappa shape index (κ1) is 20.5. The highest BCUT2D eigenvalue weighted by Crippen LogP contribution is 2.38. The first-order chi connectivity index (χ1) is 14.4. The summed E-state index contributed by atoms with van der Waals surface area (Å²) < 4.78 is 7.86. The highest BCUT2D eigenvalue weighted by molar-refractivity contribution is 7.13. The summed E-state index contributed by atoms with van der Waals surface area (Å²) in [5.74, 6) is 1.22. The van der Waals surface area contributed by atoms with Gasteiger partial charge in [-0.2, -0.15) is 0 Å². The third-order valence-electron chi connectivity index (χ3n) is 5.33. The lowest BCUT2D eigenvalue weighted by atomic mass is 10.0. The number of rotatable bonds is 6. The van der Waals surface area contributed by atoms with Crippen molar-refractivity contribution >= 4 is 33.0 Å². The molecule has 2 N–H and O–H groups in total. The van der Waals surface area contributed by atoms with E-state index < -0.39 is 0 Å². The number of aryl methyl sites for hydroxylation is 2. The second kappa shape index (κ2) is 8.16. The Hall–Kier alpha value is -2.77. The minimum atomic E-state index is -0.0592. The maximum Gasteiger partial charge on any atom is 0.260 e. The number of ether oxygens (including phenoxy) is 1. The Morgan fingerprint density at radius 1 is 1.27 bits per heavy atom. The summed E-state index contributed by atoms with van der Waals surface area (Å²) in [4.78, 5) is 22.6. The normalized spacial score (nSPS) is 12.7. The maximum atomic E-state index is 13.0. The largest absolute Gasteiger partial charge is 0.491 e. The van der Waals surface area contributed by atoms with Gasteiger partial charge in [0.15, 0.2) is 0 Å². The molecule has 0 fully saturated rings. The number of hydrogen-bond acceptors (Lipinski definition) is 6. The molecule has 0 aliphatic carbocycles. The minimum absolute atomic E-state index is 0.0517. The van der Waals surface area contributed by atoms with E-state index in [2.05, 4.69) is 29.9 Å². The zero-order chi connectivity index (χ0) is 21.4. The number of hydrogen-bond donors (Lipinski definition) is 1.